The Bertz CT molecular complexity index is 479. The molecule has 1 aromatic carbocycles. The third kappa shape index (κ3) is 4.10. The highest BCUT2D eigenvalue weighted by Crippen LogP contribution is 2.27. The quantitative estimate of drug-likeness (QED) is 0.476. The largest absolute Gasteiger partial charge is 0.361 e. The predicted octanol–water partition coefficient (Wildman–Crippen LogP) is 1.95. The number of Topliss-reactive ketones (excluding diaryl/α,β-unsaturated/α-hetero) is 1. The number of carbonyl (C=O) groups is 1. The number of benzene rings is 1. The second-order valence-corrected chi connectivity index (χ2v) is 4.62. The number of nitrogens with one attached hydrogen (secondary N) is 1. The van der Waals surface area contributed by atoms with Crippen LogP contribution in [0, 0.1) is 0 Å². The third-order valence-electron chi connectivity index (χ3n) is 2.05. The minimum Gasteiger partial charge on any atom is -0.361 e. The molecule has 0 saturated heterocycles. The van der Waals surface area contributed by atoms with Crippen LogP contribution in [-0.4, -0.2) is 20.9 Å². The molecule has 0 unspecified atom stereocenters. The van der Waals surface area contributed by atoms with E-state index >= 15 is 0 Å². The van der Waals surface area contributed by atoms with E-state index in [4.69, 9.17) is 0 Å². The van der Waals surface area contributed by atoms with Gasteiger partial charge in [-0.1, -0.05) is 19.1 Å². The number of ketones is 1. The van der Waals surface area contributed by atoms with E-state index in [1.807, 2.05) is 0 Å². The van der Waals surface area contributed by atoms with E-state index in [9.17, 15) is 13.2 Å². The first-order chi connectivity index (χ1) is 8.06. The lowest BCUT2D eigenvalue weighted by atomic mass is 10.1. The van der Waals surface area contributed by atoms with Crippen molar-refractivity contribution in [3.63, 3.8) is 0 Å². The Labute approximate surface area is 109 Å². The van der Waals surface area contributed by atoms with Crippen LogP contribution in [0.3, 0.4) is 0 Å². The molecule has 1 N–H and O–H groups in total. The Kier molecular flexibility index (Phi) is 5.60. The Morgan fingerprint density at radius 1 is 1.47 bits per heavy atom. The lowest BCUT2D eigenvalue weighted by molar-refractivity contribution is 0.0987. The molecular weight excluding hydrogens is 310 g/mol. The van der Waals surface area contributed by atoms with E-state index in [0.717, 1.165) is 0 Å². The zero-order valence-corrected chi connectivity index (χ0v) is 11.6. The van der Waals surface area contributed by atoms with Crippen LogP contribution in [0.1, 0.15) is 23.7 Å². The van der Waals surface area contributed by atoms with E-state index in [-0.39, 0.29) is 12.5 Å². The van der Waals surface area contributed by atoms with Crippen LogP contribution in [-0.2, 0) is 15.2 Å². The molecule has 1 rings (SSSR count). The van der Waals surface area contributed by atoms with E-state index in [2.05, 4.69) is 25.4 Å². The van der Waals surface area contributed by atoms with Crippen LogP contribution < -0.4 is 5.32 Å². The summed E-state index contributed by atoms with van der Waals surface area (Å²) in [5.41, 5.74) is 1.17. The monoisotopic (exact) mass is 321 g/mol. The summed E-state index contributed by atoms with van der Waals surface area (Å²) in [6.45, 7) is 1.61. The molecule has 0 heterocycles. The van der Waals surface area contributed by atoms with Crippen molar-refractivity contribution < 1.29 is 17.4 Å². The fraction of sp³-hybridized carbons (Fsp3) is 0.300. The van der Waals surface area contributed by atoms with E-state index in [1.54, 1.807) is 25.1 Å². The SMILES string of the molecule is CCC(=O)c1cccc(NCO[SH](=O)=O)c1Br. The number of rotatable bonds is 6. The average molecular weight is 322 g/mol. The molecule has 0 aliphatic heterocycles. The molecule has 7 heteroatoms. The average Bonchev–Trinajstić information content (AvgIpc) is 2.30. The van der Waals surface area contributed by atoms with Gasteiger partial charge >= 0.3 is 0 Å². The number of anilines is 1. The summed E-state index contributed by atoms with van der Waals surface area (Å²) in [6, 6.07) is 5.14. The minimum atomic E-state index is -2.87. The summed E-state index contributed by atoms with van der Waals surface area (Å²) in [5.74, 6) is 0.0105. The molecule has 0 fully saturated rings. The summed E-state index contributed by atoms with van der Waals surface area (Å²) in [6.07, 6.45) is 0.408. The van der Waals surface area contributed by atoms with E-state index in [1.165, 1.54) is 0 Å². The van der Waals surface area contributed by atoms with Crippen molar-refractivity contribution in [3.05, 3.63) is 28.2 Å². The van der Waals surface area contributed by atoms with Crippen LogP contribution >= 0.6 is 15.9 Å². The van der Waals surface area contributed by atoms with Crippen molar-refractivity contribution in [1.29, 1.82) is 0 Å². The van der Waals surface area contributed by atoms with Crippen molar-refractivity contribution in [2.24, 2.45) is 0 Å². The summed E-state index contributed by atoms with van der Waals surface area (Å²) in [4.78, 5) is 11.6. The van der Waals surface area contributed by atoms with Gasteiger partial charge in [-0.3, -0.25) is 8.98 Å². The normalized spacial score (nSPS) is 10.5. The molecule has 5 nitrogen and oxygen atoms in total. The van der Waals surface area contributed by atoms with E-state index < -0.39 is 11.0 Å². The van der Waals surface area contributed by atoms with Gasteiger partial charge in [-0.25, -0.2) is 8.42 Å². The summed E-state index contributed by atoms with van der Waals surface area (Å²) >= 11 is 3.30. The van der Waals surface area contributed by atoms with Gasteiger partial charge in [-0.2, -0.15) is 0 Å². The Morgan fingerprint density at radius 3 is 2.76 bits per heavy atom. The molecular formula is C10H12BrNO4S. The predicted molar refractivity (Wildman–Crippen MR) is 68.7 cm³/mol. The zero-order chi connectivity index (χ0) is 12.8. The first kappa shape index (κ1) is 14.1. The molecule has 0 radical (unpaired) electrons. The van der Waals surface area contributed by atoms with Crippen molar-refractivity contribution >= 4 is 38.4 Å². The number of halogens is 1. The fourth-order valence-corrected chi connectivity index (χ4v) is 2.03. The second-order valence-electron chi connectivity index (χ2n) is 3.12. The fourth-order valence-electron chi connectivity index (χ4n) is 1.24. The lowest BCUT2D eigenvalue weighted by Crippen LogP contribution is -2.07. The summed E-state index contributed by atoms with van der Waals surface area (Å²) in [5, 5.41) is 2.76. The van der Waals surface area contributed by atoms with Crippen molar-refractivity contribution in [3.8, 4) is 0 Å². The van der Waals surface area contributed by atoms with Crippen LogP contribution in [0.2, 0.25) is 0 Å². The van der Waals surface area contributed by atoms with Gasteiger partial charge in [-0.05, 0) is 22.0 Å². The van der Waals surface area contributed by atoms with Crippen molar-refractivity contribution in [2.75, 3.05) is 12.0 Å². The smallest absolute Gasteiger partial charge is 0.258 e. The molecule has 0 amide bonds. The van der Waals surface area contributed by atoms with Gasteiger partial charge < -0.3 is 5.32 Å². The van der Waals surface area contributed by atoms with Gasteiger partial charge in [0.1, 0.15) is 6.73 Å². The Balaban J connectivity index is 2.83. The highest BCUT2D eigenvalue weighted by molar-refractivity contribution is 9.10. The first-order valence-corrected chi connectivity index (χ1v) is 6.78. The van der Waals surface area contributed by atoms with E-state index in [0.29, 0.717) is 22.1 Å². The summed E-state index contributed by atoms with van der Waals surface area (Å²) in [7, 11) is -2.87. The molecule has 1 aromatic rings. The van der Waals surface area contributed by atoms with Gasteiger partial charge in [0.05, 0.1) is 10.2 Å². The molecule has 0 bridgehead atoms. The zero-order valence-electron chi connectivity index (χ0n) is 9.10. The standard InChI is InChI=1S/C10H12BrNO4S/c1-2-9(13)7-4-3-5-8(10(7)11)12-6-16-17(14)15/h3-5,12,17H,2,6H2,1H3. The highest BCUT2D eigenvalue weighted by atomic mass is 79.9. The second kappa shape index (κ2) is 6.73. The van der Waals surface area contributed by atoms with Gasteiger partial charge in [-0.15, -0.1) is 0 Å². The maximum Gasteiger partial charge on any atom is 0.258 e. The minimum absolute atomic E-state index is 0.0105. The lowest BCUT2D eigenvalue weighted by Gasteiger charge is -2.09. The van der Waals surface area contributed by atoms with Gasteiger partial charge in [0, 0.05) is 12.0 Å². The first-order valence-electron chi connectivity index (χ1n) is 4.89. The highest BCUT2D eigenvalue weighted by Gasteiger charge is 2.10. The molecule has 0 aliphatic rings. The third-order valence-corrected chi connectivity index (χ3v) is 3.25. The molecule has 0 spiro atoms. The molecule has 0 saturated carbocycles. The van der Waals surface area contributed by atoms with Crippen LogP contribution in [0.5, 0.6) is 0 Å². The van der Waals surface area contributed by atoms with Crippen LogP contribution in [0.25, 0.3) is 0 Å². The molecule has 0 aliphatic carbocycles. The maximum absolute atomic E-state index is 11.6. The van der Waals surface area contributed by atoms with Gasteiger partial charge in [0.2, 0.25) is 0 Å². The maximum atomic E-state index is 11.6. The number of hydrogen-bond acceptors (Lipinski definition) is 5. The van der Waals surface area contributed by atoms with Gasteiger partial charge in [0.25, 0.3) is 11.0 Å². The number of carbonyl (C=O) groups excluding carboxylic acids is 1. The molecule has 0 atom stereocenters. The van der Waals surface area contributed by atoms with Crippen LogP contribution in [0.15, 0.2) is 22.7 Å². The number of thiol groups is 1. The van der Waals surface area contributed by atoms with Crippen molar-refractivity contribution in [2.45, 2.75) is 13.3 Å². The summed E-state index contributed by atoms with van der Waals surface area (Å²) < 4.78 is 25.4. The Hall–Kier alpha value is -0.920. The molecule has 94 valence electrons. The molecule has 0 aromatic heterocycles. The van der Waals surface area contributed by atoms with Gasteiger partial charge in [0.15, 0.2) is 5.78 Å². The van der Waals surface area contributed by atoms with Crippen LogP contribution in [0.4, 0.5) is 5.69 Å². The number of hydrogen-bond donors (Lipinski definition) is 2. The topological polar surface area (TPSA) is 72.5 Å². The molecule has 17 heavy (non-hydrogen) atoms. The Morgan fingerprint density at radius 2 is 2.18 bits per heavy atom. The van der Waals surface area contributed by atoms with Crippen molar-refractivity contribution in [1.82, 2.24) is 0 Å².